The largest absolute Gasteiger partial charge is 0.508 e. The second kappa shape index (κ2) is 11.9. The van der Waals surface area contributed by atoms with Gasteiger partial charge in [-0.25, -0.2) is 9.80 Å². The van der Waals surface area contributed by atoms with E-state index in [-0.39, 0.29) is 30.0 Å². The monoisotopic (exact) mass is 703 g/mol. The summed E-state index contributed by atoms with van der Waals surface area (Å²) >= 11 is 6.36. The average molecular weight is 704 g/mol. The minimum absolute atomic E-state index is 0.0543. The SMILES string of the molecule is COc1ccc(C2C3=CCC4C(=O)N(c5cccc([N+](=O)[O-])c5)C(=O)C4C3CC3C(=O)N(c4cccc(Cl)c4)C(=O)C32c2ccccc2)c(O)c1. The third-order valence-corrected chi connectivity index (χ3v) is 11.2. The van der Waals surface area contributed by atoms with Crippen molar-refractivity contribution in [3.05, 3.63) is 135 Å². The van der Waals surface area contributed by atoms with Crippen molar-refractivity contribution in [2.45, 2.75) is 24.2 Å². The van der Waals surface area contributed by atoms with E-state index < -0.39 is 63.6 Å². The molecule has 8 rings (SSSR count). The standard InChI is InChI=1S/C39H30ClN3O8/c1-51-26-13-14-28(32(44)19-26)34-27-15-16-29-33(37(47)41(35(29)45)24-11-6-12-25(18-24)43(49)50)30(27)20-31-36(46)42(23-10-5-9-22(40)17-23)38(48)39(31,34)21-7-3-2-4-8-21/h2-15,17-19,29-31,33-34,44H,16,20H2,1H3. The number of imide groups is 2. The second-order valence-electron chi connectivity index (χ2n) is 13.3. The molecular weight excluding hydrogens is 674 g/mol. The molecule has 0 spiro atoms. The number of phenolic OH excluding ortho intramolecular Hbond substituents is 1. The van der Waals surface area contributed by atoms with Crippen LogP contribution in [0.25, 0.3) is 0 Å². The number of halogens is 1. The van der Waals surface area contributed by atoms with Crippen LogP contribution in [0.1, 0.15) is 29.9 Å². The maximum Gasteiger partial charge on any atom is 0.271 e. The van der Waals surface area contributed by atoms with Crippen molar-refractivity contribution < 1.29 is 33.9 Å². The summed E-state index contributed by atoms with van der Waals surface area (Å²) in [5, 5.41) is 23.5. The Kier molecular flexibility index (Phi) is 7.57. The summed E-state index contributed by atoms with van der Waals surface area (Å²) in [7, 11) is 1.47. The highest BCUT2D eigenvalue weighted by atomic mass is 35.5. The number of allylic oxidation sites excluding steroid dienone is 2. The highest BCUT2D eigenvalue weighted by molar-refractivity contribution is 6.32. The molecule has 6 unspecified atom stereocenters. The molecule has 1 N–H and O–H groups in total. The van der Waals surface area contributed by atoms with E-state index in [1.807, 2.05) is 12.1 Å². The Morgan fingerprint density at radius 2 is 1.57 bits per heavy atom. The number of carbonyl (C=O) groups is 4. The minimum atomic E-state index is -1.56. The number of hydrogen-bond donors (Lipinski definition) is 1. The number of nitrogens with zero attached hydrogens (tertiary/aromatic N) is 3. The summed E-state index contributed by atoms with van der Waals surface area (Å²) in [5.41, 5.74) is 0.137. The lowest BCUT2D eigenvalue weighted by atomic mass is 9.49. The fourth-order valence-electron chi connectivity index (χ4n) is 8.98. The average Bonchev–Trinajstić information content (AvgIpc) is 3.52. The van der Waals surface area contributed by atoms with Gasteiger partial charge >= 0.3 is 0 Å². The van der Waals surface area contributed by atoms with Gasteiger partial charge < -0.3 is 9.84 Å². The molecule has 0 bridgehead atoms. The van der Waals surface area contributed by atoms with Crippen LogP contribution >= 0.6 is 11.6 Å². The number of anilines is 2. The maximum atomic E-state index is 15.3. The third kappa shape index (κ3) is 4.64. The van der Waals surface area contributed by atoms with Gasteiger partial charge in [-0.15, -0.1) is 0 Å². The zero-order valence-corrected chi connectivity index (χ0v) is 27.9. The van der Waals surface area contributed by atoms with Crippen LogP contribution in [0.15, 0.2) is 109 Å². The molecule has 6 atom stereocenters. The molecule has 2 aliphatic heterocycles. The van der Waals surface area contributed by atoms with E-state index in [4.69, 9.17) is 16.3 Å². The normalized spacial score (nSPS) is 26.8. The maximum absolute atomic E-state index is 15.3. The second-order valence-corrected chi connectivity index (χ2v) is 13.7. The van der Waals surface area contributed by atoms with E-state index in [9.17, 15) is 29.6 Å². The van der Waals surface area contributed by atoms with Crippen molar-refractivity contribution in [1.82, 2.24) is 0 Å². The summed E-state index contributed by atoms with van der Waals surface area (Å²) in [5.74, 6) is -6.15. The lowest BCUT2D eigenvalue weighted by molar-refractivity contribution is -0.384. The number of hydrogen-bond acceptors (Lipinski definition) is 8. The van der Waals surface area contributed by atoms with Crippen molar-refractivity contribution >= 4 is 52.3 Å². The topological polar surface area (TPSA) is 147 Å². The van der Waals surface area contributed by atoms with E-state index in [2.05, 4.69) is 0 Å². The van der Waals surface area contributed by atoms with E-state index in [0.29, 0.717) is 33.2 Å². The number of amides is 4. The van der Waals surface area contributed by atoms with Crippen LogP contribution in [-0.2, 0) is 24.6 Å². The van der Waals surface area contributed by atoms with Crippen LogP contribution in [0.2, 0.25) is 5.02 Å². The fourth-order valence-corrected chi connectivity index (χ4v) is 9.17. The highest BCUT2D eigenvalue weighted by Gasteiger charge is 2.70. The zero-order chi connectivity index (χ0) is 35.8. The van der Waals surface area contributed by atoms with Gasteiger partial charge in [0.25, 0.3) is 5.69 Å². The number of rotatable bonds is 6. The fraction of sp³-hybridized carbons (Fsp3) is 0.231. The van der Waals surface area contributed by atoms with Gasteiger partial charge in [-0.3, -0.25) is 29.3 Å². The Morgan fingerprint density at radius 3 is 2.25 bits per heavy atom. The molecule has 4 aromatic rings. The van der Waals surface area contributed by atoms with Gasteiger partial charge in [-0.2, -0.15) is 0 Å². The smallest absolute Gasteiger partial charge is 0.271 e. The summed E-state index contributed by atoms with van der Waals surface area (Å²) in [4.78, 5) is 71.7. The van der Waals surface area contributed by atoms with Gasteiger partial charge in [0, 0.05) is 34.7 Å². The van der Waals surface area contributed by atoms with Crippen LogP contribution in [-0.4, -0.2) is 40.8 Å². The van der Waals surface area contributed by atoms with E-state index in [0.717, 1.165) is 9.80 Å². The molecule has 1 saturated carbocycles. The number of phenols is 1. The van der Waals surface area contributed by atoms with Crippen molar-refractivity contribution in [2.24, 2.45) is 23.7 Å². The van der Waals surface area contributed by atoms with Gasteiger partial charge in [0.2, 0.25) is 23.6 Å². The third-order valence-electron chi connectivity index (χ3n) is 11.0. The number of ether oxygens (including phenoxy) is 1. The van der Waals surface area contributed by atoms with Crippen LogP contribution in [0.3, 0.4) is 0 Å². The van der Waals surface area contributed by atoms with Crippen molar-refractivity contribution in [3.8, 4) is 11.5 Å². The van der Waals surface area contributed by atoms with Gasteiger partial charge in [0.15, 0.2) is 0 Å². The molecule has 4 amide bonds. The Balaban J connectivity index is 1.35. The number of aromatic hydroxyl groups is 1. The first-order chi connectivity index (χ1) is 24.6. The molecule has 12 heteroatoms. The Labute approximate surface area is 296 Å². The predicted molar refractivity (Wildman–Crippen MR) is 186 cm³/mol. The first kappa shape index (κ1) is 32.4. The van der Waals surface area contributed by atoms with Gasteiger partial charge in [0.1, 0.15) is 11.5 Å². The van der Waals surface area contributed by atoms with Crippen LogP contribution in [0.5, 0.6) is 11.5 Å². The number of nitro groups is 1. The summed E-state index contributed by atoms with van der Waals surface area (Å²) < 4.78 is 5.38. The van der Waals surface area contributed by atoms with Crippen LogP contribution < -0.4 is 14.5 Å². The van der Waals surface area contributed by atoms with Gasteiger partial charge in [0.05, 0.1) is 46.6 Å². The number of nitro benzene ring substituents is 1. The molecule has 2 saturated heterocycles. The van der Waals surface area contributed by atoms with Gasteiger partial charge in [-0.1, -0.05) is 71.8 Å². The zero-order valence-electron chi connectivity index (χ0n) is 27.1. The molecule has 3 fully saturated rings. The summed E-state index contributed by atoms with van der Waals surface area (Å²) in [6, 6.07) is 25.6. The number of carbonyl (C=O) groups excluding carboxylic acids is 4. The molecule has 0 radical (unpaired) electrons. The van der Waals surface area contributed by atoms with Crippen molar-refractivity contribution in [3.63, 3.8) is 0 Å². The van der Waals surface area contributed by atoms with E-state index >= 15 is 4.79 Å². The Morgan fingerprint density at radius 1 is 0.843 bits per heavy atom. The number of methoxy groups -OCH3 is 1. The first-order valence-electron chi connectivity index (χ1n) is 16.5. The molecule has 2 aliphatic carbocycles. The van der Waals surface area contributed by atoms with Crippen LogP contribution in [0, 0.1) is 33.8 Å². The number of non-ortho nitro benzene ring substituents is 1. The molecular formula is C39H30ClN3O8. The quantitative estimate of drug-likeness (QED) is 0.106. The lowest BCUT2D eigenvalue weighted by Gasteiger charge is -2.50. The molecule has 256 valence electrons. The molecule has 4 aliphatic rings. The van der Waals surface area contributed by atoms with Crippen LogP contribution in [0.4, 0.5) is 17.1 Å². The molecule has 0 aromatic heterocycles. The van der Waals surface area contributed by atoms with Crippen molar-refractivity contribution in [2.75, 3.05) is 16.9 Å². The summed E-state index contributed by atoms with van der Waals surface area (Å²) in [6.45, 7) is 0. The predicted octanol–water partition coefficient (Wildman–Crippen LogP) is 6.33. The molecule has 2 heterocycles. The summed E-state index contributed by atoms with van der Waals surface area (Å²) in [6.07, 6.45) is 2.08. The Bertz CT molecular complexity index is 2210. The lowest BCUT2D eigenvalue weighted by Crippen LogP contribution is -2.53. The molecule has 11 nitrogen and oxygen atoms in total. The first-order valence-corrected chi connectivity index (χ1v) is 16.8. The van der Waals surface area contributed by atoms with E-state index in [1.54, 1.807) is 60.7 Å². The van der Waals surface area contributed by atoms with Crippen molar-refractivity contribution in [1.29, 1.82) is 0 Å². The molecule has 51 heavy (non-hydrogen) atoms. The molecule has 4 aromatic carbocycles. The number of fused-ring (bicyclic) bond motifs is 4. The highest BCUT2D eigenvalue weighted by Crippen LogP contribution is 2.65. The van der Waals surface area contributed by atoms with E-state index in [1.165, 1.54) is 37.4 Å². The number of benzene rings is 4. The Hall–Kier alpha value is -5.81. The van der Waals surface area contributed by atoms with Gasteiger partial charge in [-0.05, 0) is 54.7 Å². The minimum Gasteiger partial charge on any atom is -0.508 e.